The maximum atomic E-state index is 14.2. The first kappa shape index (κ1) is 13.0. The molecule has 2 aliphatic rings. The van der Waals surface area contributed by atoms with Gasteiger partial charge < -0.3 is 14.8 Å². The predicted molar refractivity (Wildman–Crippen MR) is 71.7 cm³/mol. The molecule has 0 aromatic heterocycles. The van der Waals surface area contributed by atoms with Crippen LogP contribution < -0.4 is 14.8 Å². The third kappa shape index (κ3) is 2.65. The molecule has 1 unspecified atom stereocenters. The lowest BCUT2D eigenvalue weighted by atomic mass is 9.96. The van der Waals surface area contributed by atoms with E-state index in [0.717, 1.165) is 13.0 Å². The molecule has 19 heavy (non-hydrogen) atoms. The normalized spacial score (nSPS) is 22.3. The fourth-order valence-corrected chi connectivity index (χ4v) is 2.94. The number of hydrogen-bond donors (Lipinski definition) is 1. The van der Waals surface area contributed by atoms with Crippen LogP contribution in [0.15, 0.2) is 6.07 Å². The van der Waals surface area contributed by atoms with Gasteiger partial charge in [0.25, 0.3) is 0 Å². The number of hydrogen-bond acceptors (Lipinski definition) is 3. The van der Waals surface area contributed by atoms with Gasteiger partial charge in [-0.15, -0.1) is 0 Å². The van der Waals surface area contributed by atoms with Gasteiger partial charge in [-0.2, -0.15) is 0 Å². The fourth-order valence-electron chi connectivity index (χ4n) is 2.72. The average Bonchev–Trinajstić information content (AvgIpc) is 2.45. The SMILES string of the molecule is Fc1c(Cl)cc2c(c1CC1CCCCN1)OCCO2. The predicted octanol–water partition coefficient (Wildman–Crippen LogP) is 2.93. The van der Waals surface area contributed by atoms with Crippen molar-refractivity contribution in [1.82, 2.24) is 5.32 Å². The maximum absolute atomic E-state index is 14.2. The van der Waals surface area contributed by atoms with Crippen molar-refractivity contribution in [2.75, 3.05) is 19.8 Å². The van der Waals surface area contributed by atoms with Crippen LogP contribution >= 0.6 is 11.6 Å². The summed E-state index contributed by atoms with van der Waals surface area (Å²) in [7, 11) is 0. The van der Waals surface area contributed by atoms with Crippen molar-refractivity contribution in [2.45, 2.75) is 31.7 Å². The molecule has 2 aliphatic heterocycles. The molecule has 1 aromatic rings. The zero-order chi connectivity index (χ0) is 13.2. The Morgan fingerprint density at radius 2 is 2.16 bits per heavy atom. The summed E-state index contributed by atoms with van der Waals surface area (Å²) in [6.45, 7) is 1.93. The van der Waals surface area contributed by atoms with Crippen LogP contribution in [-0.4, -0.2) is 25.8 Å². The van der Waals surface area contributed by atoms with Crippen molar-refractivity contribution in [2.24, 2.45) is 0 Å². The minimum atomic E-state index is -0.377. The smallest absolute Gasteiger partial charge is 0.167 e. The monoisotopic (exact) mass is 285 g/mol. The van der Waals surface area contributed by atoms with Crippen LogP contribution in [0.25, 0.3) is 0 Å². The van der Waals surface area contributed by atoms with Crippen LogP contribution in [0.4, 0.5) is 4.39 Å². The summed E-state index contributed by atoms with van der Waals surface area (Å²) in [5.41, 5.74) is 0.543. The Balaban J connectivity index is 1.91. The van der Waals surface area contributed by atoms with E-state index in [2.05, 4.69) is 5.32 Å². The molecule has 5 heteroatoms. The number of piperidine rings is 1. The van der Waals surface area contributed by atoms with Gasteiger partial charge >= 0.3 is 0 Å². The Morgan fingerprint density at radius 1 is 1.32 bits per heavy atom. The van der Waals surface area contributed by atoms with Gasteiger partial charge in [-0.25, -0.2) is 4.39 Å². The average molecular weight is 286 g/mol. The molecule has 1 atom stereocenters. The summed E-state index contributed by atoms with van der Waals surface area (Å²) >= 11 is 5.94. The molecule has 3 nitrogen and oxygen atoms in total. The van der Waals surface area contributed by atoms with Gasteiger partial charge in [-0.3, -0.25) is 0 Å². The minimum absolute atomic E-state index is 0.107. The summed E-state index contributed by atoms with van der Waals surface area (Å²) in [4.78, 5) is 0. The molecule has 104 valence electrons. The van der Waals surface area contributed by atoms with E-state index in [-0.39, 0.29) is 16.9 Å². The standard InChI is InChI=1S/C14H17ClFNO2/c15-11-8-12-14(19-6-5-18-12)10(13(11)16)7-9-3-1-2-4-17-9/h8-9,17H,1-7H2. The van der Waals surface area contributed by atoms with E-state index in [4.69, 9.17) is 21.1 Å². The second-order valence-corrected chi connectivity index (χ2v) is 5.43. The topological polar surface area (TPSA) is 30.5 Å². The van der Waals surface area contributed by atoms with Crippen molar-refractivity contribution in [3.8, 4) is 11.5 Å². The van der Waals surface area contributed by atoms with Gasteiger partial charge in [0.05, 0.1) is 5.02 Å². The third-order valence-corrected chi connectivity index (χ3v) is 3.96. The number of halogens is 2. The van der Waals surface area contributed by atoms with Gasteiger partial charge in [0.1, 0.15) is 19.0 Å². The molecule has 1 aromatic carbocycles. The van der Waals surface area contributed by atoms with Crippen molar-refractivity contribution < 1.29 is 13.9 Å². The Labute approximate surface area is 117 Å². The lowest BCUT2D eigenvalue weighted by Crippen LogP contribution is -2.36. The van der Waals surface area contributed by atoms with E-state index in [0.29, 0.717) is 36.7 Å². The Hall–Kier alpha value is -1.00. The summed E-state index contributed by atoms with van der Waals surface area (Å²) in [6, 6.07) is 1.79. The maximum Gasteiger partial charge on any atom is 0.167 e. The quantitative estimate of drug-likeness (QED) is 0.906. The van der Waals surface area contributed by atoms with Crippen LogP contribution in [0.2, 0.25) is 5.02 Å². The van der Waals surface area contributed by atoms with Gasteiger partial charge in [0.15, 0.2) is 11.5 Å². The van der Waals surface area contributed by atoms with Crippen LogP contribution in [-0.2, 0) is 6.42 Å². The molecule has 3 rings (SSSR count). The minimum Gasteiger partial charge on any atom is -0.486 e. The molecule has 1 fully saturated rings. The zero-order valence-electron chi connectivity index (χ0n) is 10.7. The van der Waals surface area contributed by atoms with Crippen molar-refractivity contribution >= 4 is 11.6 Å². The van der Waals surface area contributed by atoms with Gasteiger partial charge in [0, 0.05) is 17.7 Å². The molecule has 0 radical (unpaired) electrons. The summed E-state index contributed by atoms with van der Waals surface area (Å²) < 4.78 is 25.3. The molecule has 0 bridgehead atoms. The first-order chi connectivity index (χ1) is 9.25. The van der Waals surface area contributed by atoms with Gasteiger partial charge in [-0.05, 0) is 25.8 Å². The fraction of sp³-hybridized carbons (Fsp3) is 0.571. The number of fused-ring (bicyclic) bond motifs is 1. The van der Waals surface area contributed by atoms with E-state index in [1.807, 2.05) is 0 Å². The highest BCUT2D eigenvalue weighted by Gasteiger charge is 2.25. The van der Waals surface area contributed by atoms with Crippen molar-refractivity contribution in [3.05, 3.63) is 22.5 Å². The Kier molecular flexibility index (Phi) is 3.80. The second-order valence-electron chi connectivity index (χ2n) is 5.03. The molecule has 0 amide bonds. The van der Waals surface area contributed by atoms with E-state index in [1.54, 1.807) is 0 Å². The molecule has 1 saturated heterocycles. The number of benzene rings is 1. The van der Waals surface area contributed by atoms with Crippen molar-refractivity contribution in [1.29, 1.82) is 0 Å². The highest BCUT2D eigenvalue weighted by atomic mass is 35.5. The lowest BCUT2D eigenvalue weighted by Gasteiger charge is -2.27. The molecule has 1 N–H and O–H groups in total. The highest BCUT2D eigenvalue weighted by Crippen LogP contribution is 2.40. The summed E-state index contributed by atoms with van der Waals surface area (Å²) in [6.07, 6.45) is 4.02. The van der Waals surface area contributed by atoms with Gasteiger partial charge in [0.2, 0.25) is 0 Å². The molecule has 0 spiro atoms. The Morgan fingerprint density at radius 3 is 2.95 bits per heavy atom. The zero-order valence-corrected chi connectivity index (χ0v) is 11.4. The van der Waals surface area contributed by atoms with E-state index in [9.17, 15) is 4.39 Å². The Bertz CT molecular complexity index is 475. The summed E-state index contributed by atoms with van der Waals surface area (Å²) in [5.74, 6) is 0.710. The van der Waals surface area contributed by atoms with Gasteiger partial charge in [-0.1, -0.05) is 18.0 Å². The number of rotatable bonds is 2. The van der Waals surface area contributed by atoms with E-state index >= 15 is 0 Å². The first-order valence-corrected chi connectivity index (χ1v) is 7.13. The molecule has 2 heterocycles. The molecular formula is C14H17ClFNO2. The summed E-state index contributed by atoms with van der Waals surface area (Å²) in [5, 5.41) is 3.52. The molecule has 0 aliphatic carbocycles. The van der Waals surface area contributed by atoms with Crippen LogP contribution in [0.5, 0.6) is 11.5 Å². The van der Waals surface area contributed by atoms with E-state index < -0.39 is 0 Å². The lowest BCUT2D eigenvalue weighted by molar-refractivity contribution is 0.168. The largest absolute Gasteiger partial charge is 0.486 e. The van der Waals surface area contributed by atoms with Crippen molar-refractivity contribution in [3.63, 3.8) is 0 Å². The van der Waals surface area contributed by atoms with Crippen LogP contribution in [0.3, 0.4) is 0 Å². The molecule has 0 saturated carbocycles. The van der Waals surface area contributed by atoms with Crippen LogP contribution in [0.1, 0.15) is 24.8 Å². The molecular weight excluding hydrogens is 269 g/mol. The second kappa shape index (κ2) is 5.55. The number of ether oxygens (including phenoxy) is 2. The highest BCUT2D eigenvalue weighted by molar-refractivity contribution is 6.31. The van der Waals surface area contributed by atoms with Crippen LogP contribution in [0, 0.1) is 5.82 Å². The van der Waals surface area contributed by atoms with E-state index in [1.165, 1.54) is 18.9 Å². The third-order valence-electron chi connectivity index (χ3n) is 3.68. The first-order valence-electron chi connectivity index (χ1n) is 6.75. The number of nitrogens with one attached hydrogen (secondary N) is 1.